The molecular formula is C25H25BClN5OS. The number of benzene rings is 2. The predicted octanol–water partition coefficient (Wildman–Crippen LogP) is 3.50. The molecule has 1 fully saturated rings. The van der Waals surface area contributed by atoms with Crippen LogP contribution in [0.1, 0.15) is 12.8 Å². The fraction of sp³-hybridized carbons (Fsp3) is 0.240. The van der Waals surface area contributed by atoms with Crippen molar-refractivity contribution in [2.24, 2.45) is 0 Å². The molecular weight excluding hydrogens is 465 g/mol. The van der Waals surface area contributed by atoms with Crippen molar-refractivity contribution in [2.75, 3.05) is 24.2 Å². The second-order valence-corrected chi connectivity index (χ2v) is 9.93. The molecule has 5 rings (SSSR count). The summed E-state index contributed by atoms with van der Waals surface area (Å²) in [6.45, 7) is 1.49. The van der Waals surface area contributed by atoms with E-state index in [2.05, 4.69) is 10.4 Å². The Morgan fingerprint density at radius 3 is 2.62 bits per heavy atom. The van der Waals surface area contributed by atoms with E-state index in [9.17, 15) is 4.79 Å². The molecule has 6 nitrogen and oxygen atoms in total. The minimum absolute atomic E-state index is 0.197. The minimum atomic E-state index is 0.197. The Morgan fingerprint density at radius 1 is 1.12 bits per heavy atom. The van der Waals surface area contributed by atoms with Crippen molar-refractivity contribution < 1.29 is 4.79 Å². The molecule has 4 aromatic rings. The van der Waals surface area contributed by atoms with Crippen LogP contribution in [-0.2, 0) is 4.79 Å². The lowest BCUT2D eigenvalue weighted by Gasteiger charge is -2.33. The van der Waals surface area contributed by atoms with Crippen LogP contribution in [0.3, 0.4) is 0 Å². The molecule has 1 saturated heterocycles. The van der Waals surface area contributed by atoms with E-state index in [4.69, 9.17) is 16.6 Å². The summed E-state index contributed by atoms with van der Waals surface area (Å²) in [7, 11) is 2.01. The Hall–Kier alpha value is -2.97. The summed E-state index contributed by atoms with van der Waals surface area (Å²) < 4.78 is 1.85. The van der Waals surface area contributed by atoms with Gasteiger partial charge >= 0.3 is 0 Å². The molecule has 0 atom stereocenters. The SMILES string of the molecule is Bc1cnn2c(NC3CCN(C(=O)CSc4ccccc4)CC3)cc(-c3ccccc3Cl)nc12. The van der Waals surface area contributed by atoms with Crippen LogP contribution >= 0.6 is 23.4 Å². The molecule has 1 amide bonds. The van der Waals surface area contributed by atoms with Gasteiger partial charge in [0, 0.05) is 46.9 Å². The van der Waals surface area contributed by atoms with Gasteiger partial charge in [-0.05, 0) is 36.5 Å². The number of halogens is 1. The maximum atomic E-state index is 12.7. The number of fused-ring (bicyclic) bond motifs is 1. The molecule has 172 valence electrons. The van der Waals surface area contributed by atoms with Crippen molar-refractivity contribution >= 4 is 54.0 Å². The Balaban J connectivity index is 1.27. The molecule has 0 saturated carbocycles. The number of piperidine rings is 1. The van der Waals surface area contributed by atoms with Crippen LogP contribution in [0.15, 0.2) is 71.8 Å². The number of rotatable bonds is 6. The number of carbonyl (C=O) groups excluding carboxylic acids is 1. The molecule has 2 aromatic heterocycles. The molecule has 2 aromatic carbocycles. The highest BCUT2D eigenvalue weighted by molar-refractivity contribution is 8.00. The van der Waals surface area contributed by atoms with E-state index in [0.717, 1.165) is 59.0 Å². The smallest absolute Gasteiger partial charge is 0.232 e. The van der Waals surface area contributed by atoms with Crippen LogP contribution in [-0.4, -0.2) is 58.1 Å². The monoisotopic (exact) mass is 489 g/mol. The summed E-state index contributed by atoms with van der Waals surface area (Å²) in [6.07, 6.45) is 3.59. The molecule has 0 aliphatic carbocycles. The van der Waals surface area contributed by atoms with Gasteiger partial charge in [-0.1, -0.05) is 48.0 Å². The van der Waals surface area contributed by atoms with E-state index < -0.39 is 0 Å². The van der Waals surface area contributed by atoms with Crippen LogP contribution in [0.25, 0.3) is 16.9 Å². The lowest BCUT2D eigenvalue weighted by atomic mass is 10.0. The fourth-order valence-corrected chi connectivity index (χ4v) is 5.27. The van der Waals surface area contributed by atoms with Crippen molar-refractivity contribution in [3.63, 3.8) is 0 Å². The summed E-state index contributed by atoms with van der Waals surface area (Å²) in [5, 5.41) is 8.86. The predicted molar refractivity (Wildman–Crippen MR) is 142 cm³/mol. The molecule has 0 bridgehead atoms. The third kappa shape index (κ3) is 4.93. The second-order valence-electron chi connectivity index (χ2n) is 8.47. The van der Waals surface area contributed by atoms with Crippen molar-refractivity contribution in [1.29, 1.82) is 0 Å². The van der Waals surface area contributed by atoms with E-state index in [0.29, 0.717) is 10.8 Å². The molecule has 1 aliphatic rings. The quantitative estimate of drug-likeness (QED) is 0.332. The molecule has 34 heavy (non-hydrogen) atoms. The molecule has 9 heteroatoms. The standard InChI is InChI=1S/C25H25BClN5OS/c26-20-15-28-32-23(14-22(30-25(20)32)19-8-4-5-9-21(19)27)29-17-10-12-31(13-11-17)24(33)16-34-18-6-2-1-3-7-18/h1-9,14-15,17,29H,10-13,16,26H2. The number of nitrogens with one attached hydrogen (secondary N) is 1. The average Bonchev–Trinajstić information content (AvgIpc) is 3.25. The van der Waals surface area contributed by atoms with Gasteiger partial charge in [0.05, 0.1) is 11.4 Å². The van der Waals surface area contributed by atoms with E-state index >= 15 is 0 Å². The summed E-state index contributed by atoms with van der Waals surface area (Å²) in [5.74, 6) is 1.56. The summed E-state index contributed by atoms with van der Waals surface area (Å²) in [6, 6.07) is 20.1. The van der Waals surface area contributed by atoms with E-state index in [1.165, 1.54) is 0 Å². The van der Waals surface area contributed by atoms with Crippen LogP contribution in [0.5, 0.6) is 0 Å². The summed E-state index contributed by atoms with van der Waals surface area (Å²) in [4.78, 5) is 20.6. The Kier molecular flexibility index (Phi) is 6.78. The van der Waals surface area contributed by atoms with Gasteiger partial charge in [0.15, 0.2) is 5.65 Å². The average molecular weight is 490 g/mol. The zero-order valence-corrected chi connectivity index (χ0v) is 20.5. The zero-order valence-electron chi connectivity index (χ0n) is 18.9. The second kappa shape index (κ2) is 10.1. The number of amides is 1. The highest BCUT2D eigenvalue weighted by atomic mass is 35.5. The van der Waals surface area contributed by atoms with Crippen molar-refractivity contribution in [3.05, 3.63) is 71.9 Å². The molecule has 0 spiro atoms. The van der Waals surface area contributed by atoms with E-state index in [-0.39, 0.29) is 11.9 Å². The van der Waals surface area contributed by atoms with E-state index in [1.54, 1.807) is 11.8 Å². The maximum Gasteiger partial charge on any atom is 0.232 e. The van der Waals surface area contributed by atoms with Gasteiger partial charge in [0.25, 0.3) is 0 Å². The van der Waals surface area contributed by atoms with Crippen LogP contribution in [0.4, 0.5) is 5.82 Å². The minimum Gasteiger partial charge on any atom is -0.367 e. The van der Waals surface area contributed by atoms with Gasteiger partial charge in [-0.25, -0.2) is 4.98 Å². The zero-order chi connectivity index (χ0) is 23.5. The lowest BCUT2D eigenvalue weighted by Crippen LogP contribution is -2.43. The van der Waals surface area contributed by atoms with Gasteiger partial charge in [0.2, 0.25) is 5.91 Å². The molecule has 1 aliphatic heterocycles. The van der Waals surface area contributed by atoms with Crippen molar-refractivity contribution in [2.45, 2.75) is 23.8 Å². The lowest BCUT2D eigenvalue weighted by molar-refractivity contribution is -0.129. The number of thioether (sulfide) groups is 1. The number of hydrogen-bond donors (Lipinski definition) is 1. The van der Waals surface area contributed by atoms with Crippen LogP contribution in [0, 0.1) is 0 Å². The van der Waals surface area contributed by atoms with Crippen LogP contribution in [0.2, 0.25) is 5.02 Å². The van der Waals surface area contributed by atoms with Gasteiger partial charge in [0.1, 0.15) is 13.7 Å². The number of likely N-dealkylation sites (tertiary alicyclic amines) is 1. The normalized spacial score (nSPS) is 14.4. The topological polar surface area (TPSA) is 62.5 Å². The Bertz CT molecular complexity index is 1310. The molecule has 3 heterocycles. The molecule has 1 N–H and O–H groups in total. The Morgan fingerprint density at radius 2 is 1.85 bits per heavy atom. The van der Waals surface area contributed by atoms with Crippen LogP contribution < -0.4 is 10.8 Å². The first-order valence-electron chi connectivity index (χ1n) is 11.4. The maximum absolute atomic E-state index is 12.7. The highest BCUT2D eigenvalue weighted by Crippen LogP contribution is 2.29. The highest BCUT2D eigenvalue weighted by Gasteiger charge is 2.24. The first kappa shape index (κ1) is 22.8. The number of hydrogen-bond acceptors (Lipinski definition) is 5. The third-order valence-electron chi connectivity index (χ3n) is 6.10. The first-order chi connectivity index (χ1) is 16.6. The molecule has 0 radical (unpaired) electrons. The van der Waals surface area contributed by atoms with E-state index in [1.807, 2.05) is 84.1 Å². The molecule has 0 unspecified atom stereocenters. The number of anilines is 1. The van der Waals surface area contributed by atoms with Gasteiger partial charge in [-0.15, -0.1) is 11.8 Å². The number of aromatic nitrogens is 3. The fourth-order valence-electron chi connectivity index (χ4n) is 4.22. The summed E-state index contributed by atoms with van der Waals surface area (Å²) >= 11 is 8.05. The number of carbonyl (C=O) groups is 1. The third-order valence-corrected chi connectivity index (χ3v) is 7.43. The Labute approximate surface area is 209 Å². The summed E-state index contributed by atoms with van der Waals surface area (Å²) in [5.41, 5.74) is 3.53. The number of nitrogens with zero attached hydrogens (tertiary/aromatic N) is 4. The first-order valence-corrected chi connectivity index (χ1v) is 12.8. The van der Waals surface area contributed by atoms with Crippen molar-refractivity contribution in [3.8, 4) is 11.3 Å². The largest absolute Gasteiger partial charge is 0.367 e. The van der Waals surface area contributed by atoms with Gasteiger partial charge < -0.3 is 10.2 Å². The van der Waals surface area contributed by atoms with Crippen molar-refractivity contribution in [1.82, 2.24) is 19.5 Å². The van der Waals surface area contributed by atoms with Gasteiger partial charge in [-0.3, -0.25) is 4.79 Å². The van der Waals surface area contributed by atoms with Gasteiger partial charge in [-0.2, -0.15) is 9.61 Å².